The number of rotatable bonds is 3. The molecule has 0 unspecified atom stereocenters. The van der Waals surface area contributed by atoms with Crippen LogP contribution in [0.4, 0.5) is 11.4 Å². The molecule has 3 heteroatoms. The van der Waals surface area contributed by atoms with Crippen LogP contribution in [0.1, 0.15) is 6.92 Å². The SMILES string of the molecule is CCOc1cccc(N)c1-c1cccc(N)c1. The molecule has 0 aliphatic heterocycles. The van der Waals surface area contributed by atoms with E-state index in [-0.39, 0.29) is 0 Å². The van der Waals surface area contributed by atoms with E-state index >= 15 is 0 Å². The van der Waals surface area contributed by atoms with Gasteiger partial charge in [-0.3, -0.25) is 0 Å². The second-order valence-corrected chi connectivity index (χ2v) is 3.78. The van der Waals surface area contributed by atoms with Gasteiger partial charge in [0.2, 0.25) is 0 Å². The lowest BCUT2D eigenvalue weighted by molar-refractivity contribution is 0.342. The van der Waals surface area contributed by atoms with Crippen LogP contribution in [0.25, 0.3) is 11.1 Å². The van der Waals surface area contributed by atoms with Crippen molar-refractivity contribution in [2.24, 2.45) is 0 Å². The molecule has 0 aromatic heterocycles. The van der Waals surface area contributed by atoms with Crippen LogP contribution < -0.4 is 16.2 Å². The van der Waals surface area contributed by atoms with Gasteiger partial charge < -0.3 is 16.2 Å². The fourth-order valence-electron chi connectivity index (χ4n) is 1.83. The number of hydrogen-bond donors (Lipinski definition) is 2. The molecule has 2 aromatic rings. The summed E-state index contributed by atoms with van der Waals surface area (Å²) in [7, 11) is 0. The van der Waals surface area contributed by atoms with Crippen molar-refractivity contribution in [1.29, 1.82) is 0 Å². The predicted molar refractivity (Wildman–Crippen MR) is 71.9 cm³/mol. The van der Waals surface area contributed by atoms with E-state index in [1.165, 1.54) is 0 Å². The summed E-state index contributed by atoms with van der Waals surface area (Å²) in [6.07, 6.45) is 0. The molecule has 0 bridgehead atoms. The molecule has 0 saturated carbocycles. The Morgan fingerprint density at radius 2 is 1.82 bits per heavy atom. The zero-order chi connectivity index (χ0) is 12.3. The van der Waals surface area contributed by atoms with Crippen molar-refractivity contribution < 1.29 is 4.74 Å². The van der Waals surface area contributed by atoms with Gasteiger partial charge in [-0.05, 0) is 36.8 Å². The molecule has 0 aliphatic rings. The number of hydrogen-bond acceptors (Lipinski definition) is 3. The highest BCUT2D eigenvalue weighted by molar-refractivity contribution is 5.83. The smallest absolute Gasteiger partial charge is 0.129 e. The Labute approximate surface area is 101 Å². The van der Waals surface area contributed by atoms with Gasteiger partial charge >= 0.3 is 0 Å². The monoisotopic (exact) mass is 228 g/mol. The first-order valence-electron chi connectivity index (χ1n) is 5.59. The van der Waals surface area contributed by atoms with Gasteiger partial charge in [0.05, 0.1) is 6.61 Å². The number of anilines is 2. The highest BCUT2D eigenvalue weighted by Crippen LogP contribution is 2.35. The van der Waals surface area contributed by atoms with Crippen molar-refractivity contribution in [3.8, 4) is 16.9 Å². The van der Waals surface area contributed by atoms with Crippen molar-refractivity contribution in [3.05, 3.63) is 42.5 Å². The summed E-state index contributed by atoms with van der Waals surface area (Å²) in [5, 5.41) is 0. The summed E-state index contributed by atoms with van der Waals surface area (Å²) < 4.78 is 5.59. The van der Waals surface area contributed by atoms with Crippen molar-refractivity contribution in [2.75, 3.05) is 18.1 Å². The van der Waals surface area contributed by atoms with E-state index in [1.807, 2.05) is 49.4 Å². The zero-order valence-electron chi connectivity index (χ0n) is 9.81. The van der Waals surface area contributed by atoms with E-state index in [0.29, 0.717) is 18.0 Å². The van der Waals surface area contributed by atoms with Gasteiger partial charge in [0.1, 0.15) is 5.75 Å². The van der Waals surface area contributed by atoms with Crippen LogP contribution in [-0.4, -0.2) is 6.61 Å². The lowest BCUT2D eigenvalue weighted by atomic mass is 10.0. The number of benzene rings is 2. The molecule has 0 fully saturated rings. The predicted octanol–water partition coefficient (Wildman–Crippen LogP) is 2.92. The fraction of sp³-hybridized carbons (Fsp3) is 0.143. The minimum absolute atomic E-state index is 0.610. The van der Waals surface area contributed by atoms with Crippen LogP contribution in [0.2, 0.25) is 0 Å². The Morgan fingerprint density at radius 1 is 1.06 bits per heavy atom. The van der Waals surface area contributed by atoms with Crippen molar-refractivity contribution in [2.45, 2.75) is 6.92 Å². The molecule has 0 heterocycles. The maximum absolute atomic E-state index is 6.01. The van der Waals surface area contributed by atoms with Gasteiger partial charge in [-0.25, -0.2) is 0 Å². The fourth-order valence-corrected chi connectivity index (χ4v) is 1.83. The Hall–Kier alpha value is -2.16. The lowest BCUT2D eigenvalue weighted by Gasteiger charge is -2.13. The number of nitrogens with two attached hydrogens (primary N) is 2. The summed E-state index contributed by atoms with van der Waals surface area (Å²) in [4.78, 5) is 0. The average molecular weight is 228 g/mol. The molecule has 88 valence electrons. The van der Waals surface area contributed by atoms with E-state index in [2.05, 4.69) is 0 Å². The first kappa shape index (κ1) is 11.3. The Kier molecular flexibility index (Phi) is 3.19. The average Bonchev–Trinajstić information content (AvgIpc) is 2.29. The van der Waals surface area contributed by atoms with E-state index in [9.17, 15) is 0 Å². The van der Waals surface area contributed by atoms with Gasteiger partial charge in [0.15, 0.2) is 0 Å². The topological polar surface area (TPSA) is 61.3 Å². The van der Waals surface area contributed by atoms with Gasteiger partial charge in [-0.2, -0.15) is 0 Å². The Bertz CT molecular complexity index is 523. The minimum atomic E-state index is 0.610. The second-order valence-electron chi connectivity index (χ2n) is 3.78. The molecule has 0 atom stereocenters. The van der Waals surface area contributed by atoms with Gasteiger partial charge in [0.25, 0.3) is 0 Å². The molecule has 3 nitrogen and oxygen atoms in total. The van der Waals surface area contributed by atoms with Crippen LogP contribution in [0.3, 0.4) is 0 Å². The van der Waals surface area contributed by atoms with E-state index < -0.39 is 0 Å². The highest BCUT2D eigenvalue weighted by Gasteiger charge is 2.09. The van der Waals surface area contributed by atoms with Crippen LogP contribution in [-0.2, 0) is 0 Å². The third kappa shape index (κ3) is 2.33. The molecular weight excluding hydrogens is 212 g/mol. The molecule has 0 saturated heterocycles. The van der Waals surface area contributed by atoms with Crippen molar-refractivity contribution in [3.63, 3.8) is 0 Å². The van der Waals surface area contributed by atoms with E-state index in [1.54, 1.807) is 0 Å². The Morgan fingerprint density at radius 3 is 2.53 bits per heavy atom. The summed E-state index contributed by atoms with van der Waals surface area (Å²) in [5.41, 5.74) is 15.1. The molecule has 0 amide bonds. The van der Waals surface area contributed by atoms with Crippen molar-refractivity contribution >= 4 is 11.4 Å². The van der Waals surface area contributed by atoms with Gasteiger partial charge in [-0.15, -0.1) is 0 Å². The molecule has 17 heavy (non-hydrogen) atoms. The number of ether oxygens (including phenoxy) is 1. The van der Waals surface area contributed by atoms with Crippen LogP contribution in [0.5, 0.6) is 5.75 Å². The summed E-state index contributed by atoms with van der Waals surface area (Å²) in [6.45, 7) is 2.56. The summed E-state index contributed by atoms with van der Waals surface area (Å²) in [5.74, 6) is 0.790. The normalized spacial score (nSPS) is 10.2. The number of nitrogen functional groups attached to an aromatic ring is 2. The largest absolute Gasteiger partial charge is 0.493 e. The molecule has 0 aliphatic carbocycles. The van der Waals surface area contributed by atoms with Crippen LogP contribution >= 0.6 is 0 Å². The second kappa shape index (κ2) is 4.78. The van der Waals surface area contributed by atoms with E-state index in [4.69, 9.17) is 16.2 Å². The maximum atomic E-state index is 6.01. The Balaban J connectivity index is 2.57. The maximum Gasteiger partial charge on any atom is 0.129 e. The third-order valence-electron chi connectivity index (χ3n) is 2.53. The third-order valence-corrected chi connectivity index (χ3v) is 2.53. The van der Waals surface area contributed by atoms with Crippen molar-refractivity contribution in [1.82, 2.24) is 0 Å². The summed E-state index contributed by atoms with van der Waals surface area (Å²) in [6, 6.07) is 13.3. The van der Waals surface area contributed by atoms with Gasteiger partial charge in [0, 0.05) is 16.9 Å². The minimum Gasteiger partial charge on any atom is -0.493 e. The van der Waals surface area contributed by atoms with Gasteiger partial charge in [-0.1, -0.05) is 18.2 Å². The standard InChI is InChI=1S/C14H16N2O/c1-2-17-13-8-4-7-12(16)14(13)10-5-3-6-11(15)9-10/h3-9H,2,15-16H2,1H3. The molecule has 2 rings (SSSR count). The molecule has 4 N–H and O–H groups in total. The zero-order valence-corrected chi connectivity index (χ0v) is 9.81. The molecule has 0 spiro atoms. The molecular formula is C14H16N2O. The molecule has 2 aromatic carbocycles. The van der Waals surface area contributed by atoms with E-state index in [0.717, 1.165) is 16.9 Å². The van der Waals surface area contributed by atoms with Crippen LogP contribution in [0, 0.1) is 0 Å². The highest BCUT2D eigenvalue weighted by atomic mass is 16.5. The molecule has 0 radical (unpaired) electrons. The lowest BCUT2D eigenvalue weighted by Crippen LogP contribution is -1.98. The first-order chi connectivity index (χ1) is 8.22. The van der Waals surface area contributed by atoms with Crippen LogP contribution in [0.15, 0.2) is 42.5 Å². The quantitative estimate of drug-likeness (QED) is 0.794. The summed E-state index contributed by atoms with van der Waals surface area (Å²) >= 11 is 0. The first-order valence-corrected chi connectivity index (χ1v) is 5.59.